The van der Waals surface area contributed by atoms with Gasteiger partial charge < -0.3 is 15.5 Å². The minimum Gasteiger partial charge on any atom is -0.376 e. The summed E-state index contributed by atoms with van der Waals surface area (Å²) in [6, 6.07) is 4.66. The SMILES string of the molecule is CNC(=O)NC(=O)CNc1cc(C(=O)N(C)C)ccc1C. The molecule has 21 heavy (non-hydrogen) atoms. The number of aryl methyl sites for hydroxylation is 1. The van der Waals surface area contributed by atoms with E-state index >= 15 is 0 Å². The number of benzene rings is 1. The van der Waals surface area contributed by atoms with E-state index in [9.17, 15) is 14.4 Å². The van der Waals surface area contributed by atoms with Crippen molar-refractivity contribution < 1.29 is 14.4 Å². The summed E-state index contributed by atoms with van der Waals surface area (Å²) in [6.45, 7) is 1.80. The van der Waals surface area contributed by atoms with Gasteiger partial charge in [-0.25, -0.2) is 4.79 Å². The van der Waals surface area contributed by atoms with Crippen molar-refractivity contribution in [2.75, 3.05) is 33.0 Å². The number of urea groups is 1. The number of imide groups is 1. The molecule has 0 saturated carbocycles. The third-order valence-electron chi connectivity index (χ3n) is 2.81. The van der Waals surface area contributed by atoms with Gasteiger partial charge in [0.15, 0.2) is 0 Å². The lowest BCUT2D eigenvalue weighted by Crippen LogP contribution is -2.40. The van der Waals surface area contributed by atoms with E-state index in [0.29, 0.717) is 11.3 Å². The fourth-order valence-corrected chi connectivity index (χ4v) is 1.61. The molecule has 0 radical (unpaired) electrons. The summed E-state index contributed by atoms with van der Waals surface area (Å²) in [4.78, 5) is 35.9. The normalized spacial score (nSPS) is 9.71. The van der Waals surface area contributed by atoms with Crippen LogP contribution in [-0.4, -0.2) is 50.4 Å². The Kier molecular flexibility index (Phi) is 5.71. The monoisotopic (exact) mass is 292 g/mol. The van der Waals surface area contributed by atoms with Crippen LogP contribution in [0.2, 0.25) is 0 Å². The van der Waals surface area contributed by atoms with Gasteiger partial charge in [0.25, 0.3) is 5.91 Å². The Labute approximate surface area is 123 Å². The first-order valence-electron chi connectivity index (χ1n) is 6.43. The highest BCUT2D eigenvalue weighted by molar-refractivity contribution is 5.97. The fraction of sp³-hybridized carbons (Fsp3) is 0.357. The van der Waals surface area contributed by atoms with Crippen molar-refractivity contribution in [3.05, 3.63) is 29.3 Å². The highest BCUT2D eigenvalue weighted by atomic mass is 16.2. The second-order valence-electron chi connectivity index (χ2n) is 4.71. The quantitative estimate of drug-likeness (QED) is 0.756. The van der Waals surface area contributed by atoms with E-state index in [1.807, 2.05) is 6.92 Å². The molecule has 7 heteroatoms. The van der Waals surface area contributed by atoms with Gasteiger partial charge in [-0.1, -0.05) is 6.07 Å². The second kappa shape index (κ2) is 7.28. The van der Waals surface area contributed by atoms with Crippen LogP contribution in [0.1, 0.15) is 15.9 Å². The van der Waals surface area contributed by atoms with Crippen LogP contribution >= 0.6 is 0 Å². The number of nitrogens with one attached hydrogen (secondary N) is 3. The first-order valence-corrected chi connectivity index (χ1v) is 6.43. The van der Waals surface area contributed by atoms with Crippen LogP contribution in [0.15, 0.2) is 18.2 Å². The van der Waals surface area contributed by atoms with Crippen molar-refractivity contribution in [1.29, 1.82) is 0 Å². The number of carbonyl (C=O) groups is 3. The second-order valence-corrected chi connectivity index (χ2v) is 4.71. The Bertz CT molecular complexity index is 555. The third kappa shape index (κ3) is 4.79. The van der Waals surface area contributed by atoms with E-state index in [4.69, 9.17) is 0 Å². The molecule has 0 heterocycles. The summed E-state index contributed by atoms with van der Waals surface area (Å²) in [5.41, 5.74) is 2.10. The van der Waals surface area contributed by atoms with E-state index in [1.54, 1.807) is 32.3 Å². The maximum Gasteiger partial charge on any atom is 0.321 e. The molecule has 0 bridgehead atoms. The van der Waals surface area contributed by atoms with E-state index in [2.05, 4.69) is 16.0 Å². The molecule has 1 rings (SSSR count). The molecule has 7 nitrogen and oxygen atoms in total. The number of nitrogens with zero attached hydrogens (tertiary/aromatic N) is 1. The number of anilines is 1. The van der Waals surface area contributed by atoms with Crippen LogP contribution in [0.3, 0.4) is 0 Å². The summed E-state index contributed by atoms with van der Waals surface area (Å²) in [5, 5.41) is 7.35. The number of hydrogen-bond donors (Lipinski definition) is 3. The third-order valence-corrected chi connectivity index (χ3v) is 2.81. The van der Waals surface area contributed by atoms with Crippen LogP contribution in [0.25, 0.3) is 0 Å². The van der Waals surface area contributed by atoms with Crippen molar-refractivity contribution >= 4 is 23.5 Å². The average Bonchev–Trinajstić information content (AvgIpc) is 2.45. The molecule has 0 atom stereocenters. The molecule has 114 valence electrons. The zero-order chi connectivity index (χ0) is 16.0. The molecule has 0 spiro atoms. The molecule has 0 aliphatic heterocycles. The minimum absolute atomic E-state index is 0.0616. The number of rotatable bonds is 4. The van der Waals surface area contributed by atoms with Crippen LogP contribution in [0.4, 0.5) is 10.5 Å². The molecule has 0 aliphatic rings. The highest BCUT2D eigenvalue weighted by Crippen LogP contribution is 2.17. The predicted octanol–water partition coefficient (Wildman–Crippen LogP) is 0.564. The zero-order valence-electron chi connectivity index (χ0n) is 12.6. The average molecular weight is 292 g/mol. The van der Waals surface area contributed by atoms with Gasteiger partial charge in [-0.05, 0) is 24.6 Å². The van der Waals surface area contributed by atoms with Gasteiger partial charge in [0, 0.05) is 32.4 Å². The van der Waals surface area contributed by atoms with E-state index in [-0.39, 0.29) is 12.5 Å². The Balaban J connectivity index is 2.75. The van der Waals surface area contributed by atoms with E-state index in [0.717, 1.165) is 5.56 Å². The van der Waals surface area contributed by atoms with Crippen molar-refractivity contribution in [3.63, 3.8) is 0 Å². The standard InChI is InChI=1S/C14H20N4O3/c1-9-5-6-10(13(20)18(3)4)7-11(9)16-8-12(19)17-14(21)15-2/h5-7,16H,8H2,1-4H3,(H2,15,17,19,21). The molecule has 0 fully saturated rings. The van der Waals surface area contributed by atoms with Gasteiger partial charge in [-0.15, -0.1) is 0 Å². The predicted molar refractivity (Wildman–Crippen MR) is 80.3 cm³/mol. The minimum atomic E-state index is -0.560. The van der Waals surface area contributed by atoms with E-state index < -0.39 is 11.9 Å². The van der Waals surface area contributed by atoms with Crippen LogP contribution in [0, 0.1) is 6.92 Å². The fourth-order valence-electron chi connectivity index (χ4n) is 1.61. The topological polar surface area (TPSA) is 90.5 Å². The van der Waals surface area contributed by atoms with E-state index in [1.165, 1.54) is 11.9 Å². The van der Waals surface area contributed by atoms with Crippen LogP contribution in [-0.2, 0) is 4.79 Å². The lowest BCUT2D eigenvalue weighted by atomic mass is 10.1. The van der Waals surface area contributed by atoms with Crippen molar-refractivity contribution in [2.24, 2.45) is 0 Å². The van der Waals surface area contributed by atoms with Gasteiger partial charge in [0.2, 0.25) is 5.91 Å². The first-order chi connectivity index (χ1) is 9.85. The number of amides is 4. The zero-order valence-corrected chi connectivity index (χ0v) is 12.6. The molecular formula is C14H20N4O3. The van der Waals surface area contributed by atoms with Crippen molar-refractivity contribution in [2.45, 2.75) is 6.92 Å². The molecule has 1 aromatic carbocycles. The highest BCUT2D eigenvalue weighted by Gasteiger charge is 2.11. The molecule has 0 unspecified atom stereocenters. The summed E-state index contributed by atoms with van der Waals surface area (Å²) >= 11 is 0. The van der Waals surface area contributed by atoms with Gasteiger partial charge in [0.05, 0.1) is 6.54 Å². The number of carbonyl (C=O) groups excluding carboxylic acids is 3. The maximum absolute atomic E-state index is 11.9. The number of hydrogen-bond acceptors (Lipinski definition) is 4. The van der Waals surface area contributed by atoms with Gasteiger partial charge in [0.1, 0.15) is 0 Å². The lowest BCUT2D eigenvalue weighted by Gasteiger charge is -2.14. The largest absolute Gasteiger partial charge is 0.376 e. The Morgan fingerprint density at radius 3 is 2.43 bits per heavy atom. The van der Waals surface area contributed by atoms with Crippen LogP contribution < -0.4 is 16.0 Å². The molecular weight excluding hydrogens is 272 g/mol. The Hall–Kier alpha value is -2.57. The summed E-state index contributed by atoms with van der Waals surface area (Å²) in [6.07, 6.45) is 0. The maximum atomic E-state index is 11.9. The van der Waals surface area contributed by atoms with Gasteiger partial charge in [-0.3, -0.25) is 14.9 Å². The smallest absolute Gasteiger partial charge is 0.321 e. The molecule has 0 aromatic heterocycles. The first kappa shape index (κ1) is 16.5. The summed E-state index contributed by atoms with van der Waals surface area (Å²) in [7, 11) is 4.77. The summed E-state index contributed by atoms with van der Waals surface area (Å²) < 4.78 is 0. The Morgan fingerprint density at radius 1 is 1.19 bits per heavy atom. The Morgan fingerprint density at radius 2 is 1.86 bits per heavy atom. The molecule has 1 aromatic rings. The molecule has 4 amide bonds. The lowest BCUT2D eigenvalue weighted by molar-refractivity contribution is -0.118. The van der Waals surface area contributed by atoms with Crippen molar-refractivity contribution in [3.8, 4) is 0 Å². The van der Waals surface area contributed by atoms with Crippen molar-refractivity contribution in [1.82, 2.24) is 15.5 Å². The van der Waals surface area contributed by atoms with Gasteiger partial charge in [-0.2, -0.15) is 0 Å². The summed E-state index contributed by atoms with van der Waals surface area (Å²) in [5.74, 6) is -0.578. The molecule has 3 N–H and O–H groups in total. The van der Waals surface area contributed by atoms with Crippen LogP contribution in [0.5, 0.6) is 0 Å². The molecule has 0 saturated heterocycles. The van der Waals surface area contributed by atoms with Gasteiger partial charge >= 0.3 is 6.03 Å². The molecule has 0 aliphatic carbocycles.